The minimum atomic E-state index is -0.803. The van der Waals surface area contributed by atoms with Crippen LogP contribution in [0.4, 0.5) is 8.78 Å². The first-order valence-corrected chi connectivity index (χ1v) is 5.74. The number of halogens is 2. The Bertz CT molecular complexity index is 558. The van der Waals surface area contributed by atoms with Crippen molar-refractivity contribution in [2.24, 2.45) is 5.73 Å². The predicted molar refractivity (Wildman–Crippen MR) is 65.8 cm³/mol. The molecule has 0 aliphatic rings. The van der Waals surface area contributed by atoms with Gasteiger partial charge in [0.25, 0.3) is 0 Å². The van der Waals surface area contributed by atoms with Gasteiger partial charge in [0, 0.05) is 24.5 Å². The summed E-state index contributed by atoms with van der Waals surface area (Å²) in [5.41, 5.74) is 6.51. The van der Waals surface area contributed by atoms with E-state index in [1.165, 1.54) is 6.07 Å². The molecular formula is C13H13F2N3O. The van der Waals surface area contributed by atoms with E-state index >= 15 is 0 Å². The Balaban J connectivity index is 2.10. The molecule has 1 atom stereocenters. The van der Waals surface area contributed by atoms with E-state index in [1.807, 2.05) is 6.92 Å². The van der Waals surface area contributed by atoms with Crippen LogP contribution in [0.1, 0.15) is 12.5 Å². The number of hydrogen-bond donors (Lipinski definition) is 1. The molecule has 0 amide bonds. The fourth-order valence-electron chi connectivity index (χ4n) is 1.53. The molecule has 1 aromatic heterocycles. The largest absolute Gasteiger partial charge is 0.421 e. The molecule has 2 rings (SSSR count). The monoisotopic (exact) mass is 265 g/mol. The molecule has 19 heavy (non-hydrogen) atoms. The van der Waals surface area contributed by atoms with E-state index in [4.69, 9.17) is 10.5 Å². The molecule has 2 N–H and O–H groups in total. The second-order valence-electron chi connectivity index (χ2n) is 4.23. The van der Waals surface area contributed by atoms with Gasteiger partial charge >= 0.3 is 6.01 Å². The molecule has 0 aliphatic heterocycles. The Morgan fingerprint density at radius 3 is 2.53 bits per heavy atom. The van der Waals surface area contributed by atoms with Crippen molar-refractivity contribution in [2.45, 2.75) is 19.4 Å². The summed E-state index contributed by atoms with van der Waals surface area (Å²) in [7, 11) is 0. The molecule has 0 spiro atoms. The van der Waals surface area contributed by atoms with Gasteiger partial charge < -0.3 is 10.5 Å². The molecule has 4 nitrogen and oxygen atoms in total. The van der Waals surface area contributed by atoms with Gasteiger partial charge in [0.2, 0.25) is 0 Å². The van der Waals surface area contributed by atoms with Gasteiger partial charge in [-0.05, 0) is 31.0 Å². The molecule has 1 aromatic carbocycles. The Kier molecular flexibility index (Phi) is 4.01. The molecular weight excluding hydrogens is 252 g/mol. The van der Waals surface area contributed by atoms with Gasteiger partial charge in [-0.15, -0.1) is 0 Å². The van der Waals surface area contributed by atoms with Crippen molar-refractivity contribution < 1.29 is 13.5 Å². The number of aromatic nitrogens is 2. The summed E-state index contributed by atoms with van der Waals surface area (Å²) in [5, 5.41) is 0. The summed E-state index contributed by atoms with van der Waals surface area (Å²) >= 11 is 0. The van der Waals surface area contributed by atoms with Crippen LogP contribution < -0.4 is 10.5 Å². The van der Waals surface area contributed by atoms with E-state index in [0.717, 1.165) is 17.7 Å². The number of nitrogens with zero attached hydrogens (tertiary/aromatic N) is 2. The lowest BCUT2D eigenvalue weighted by Crippen LogP contribution is -2.17. The number of rotatable bonds is 4. The third kappa shape index (κ3) is 3.69. The van der Waals surface area contributed by atoms with E-state index in [2.05, 4.69) is 9.97 Å². The highest BCUT2D eigenvalue weighted by Crippen LogP contribution is 2.22. The quantitative estimate of drug-likeness (QED) is 0.922. The van der Waals surface area contributed by atoms with Crippen LogP contribution in [0.25, 0.3) is 0 Å². The molecule has 0 fully saturated rings. The normalized spacial score (nSPS) is 12.2. The fraction of sp³-hybridized carbons (Fsp3) is 0.231. The lowest BCUT2D eigenvalue weighted by atomic mass is 10.1. The summed E-state index contributed by atoms with van der Waals surface area (Å²) in [4.78, 5) is 7.88. The lowest BCUT2D eigenvalue weighted by molar-refractivity contribution is 0.407. The summed E-state index contributed by atoms with van der Waals surface area (Å²) in [6.45, 7) is 1.87. The highest BCUT2D eigenvalue weighted by molar-refractivity contribution is 5.27. The molecule has 0 saturated heterocycles. The molecule has 1 heterocycles. The summed E-state index contributed by atoms with van der Waals surface area (Å²) in [6.07, 6.45) is 3.77. The van der Waals surface area contributed by atoms with Gasteiger partial charge in [-0.1, -0.05) is 0 Å². The van der Waals surface area contributed by atoms with Crippen molar-refractivity contribution >= 4 is 0 Å². The first-order valence-electron chi connectivity index (χ1n) is 5.74. The minimum Gasteiger partial charge on any atom is -0.421 e. The Morgan fingerprint density at radius 1 is 1.26 bits per heavy atom. The number of nitrogens with two attached hydrogens (primary N) is 1. The van der Waals surface area contributed by atoms with Crippen LogP contribution in [-0.2, 0) is 6.42 Å². The topological polar surface area (TPSA) is 61.0 Å². The van der Waals surface area contributed by atoms with Crippen LogP contribution in [0.3, 0.4) is 0 Å². The molecule has 0 bridgehead atoms. The zero-order valence-electron chi connectivity index (χ0n) is 10.3. The SMILES string of the molecule is CC(N)Cc1cnc(Oc2ccc(F)cc2F)nc1. The van der Waals surface area contributed by atoms with Crippen molar-refractivity contribution in [3.05, 3.63) is 47.8 Å². The second kappa shape index (κ2) is 5.71. The Hall–Kier alpha value is -2.08. The van der Waals surface area contributed by atoms with E-state index in [0.29, 0.717) is 6.42 Å². The Morgan fingerprint density at radius 2 is 1.95 bits per heavy atom. The van der Waals surface area contributed by atoms with Crippen molar-refractivity contribution in [3.8, 4) is 11.8 Å². The smallest absolute Gasteiger partial charge is 0.321 e. The van der Waals surface area contributed by atoms with Gasteiger partial charge in [0.1, 0.15) is 5.82 Å². The van der Waals surface area contributed by atoms with Crippen molar-refractivity contribution in [3.63, 3.8) is 0 Å². The molecule has 0 aliphatic carbocycles. The van der Waals surface area contributed by atoms with Gasteiger partial charge in [0.05, 0.1) is 0 Å². The fourth-order valence-corrected chi connectivity index (χ4v) is 1.53. The van der Waals surface area contributed by atoms with Gasteiger partial charge in [-0.2, -0.15) is 0 Å². The van der Waals surface area contributed by atoms with Crippen LogP contribution in [0.5, 0.6) is 11.8 Å². The van der Waals surface area contributed by atoms with Crippen molar-refractivity contribution in [2.75, 3.05) is 0 Å². The molecule has 2 aromatic rings. The molecule has 0 saturated carbocycles. The van der Waals surface area contributed by atoms with Crippen LogP contribution in [0.2, 0.25) is 0 Å². The maximum atomic E-state index is 13.4. The highest BCUT2D eigenvalue weighted by Gasteiger charge is 2.08. The third-order valence-corrected chi connectivity index (χ3v) is 2.33. The average molecular weight is 265 g/mol. The third-order valence-electron chi connectivity index (χ3n) is 2.33. The summed E-state index contributed by atoms with van der Waals surface area (Å²) in [5.74, 6) is -1.59. The highest BCUT2D eigenvalue weighted by atomic mass is 19.1. The van der Waals surface area contributed by atoms with Crippen molar-refractivity contribution in [1.82, 2.24) is 9.97 Å². The zero-order chi connectivity index (χ0) is 13.8. The Labute approximate surface area is 109 Å². The van der Waals surface area contributed by atoms with E-state index in [9.17, 15) is 8.78 Å². The van der Waals surface area contributed by atoms with Crippen LogP contribution in [0.15, 0.2) is 30.6 Å². The average Bonchev–Trinajstić information content (AvgIpc) is 2.34. The molecule has 100 valence electrons. The number of benzene rings is 1. The molecule has 0 radical (unpaired) electrons. The van der Waals surface area contributed by atoms with E-state index in [1.54, 1.807) is 12.4 Å². The minimum absolute atomic E-state index is 0.000988. The predicted octanol–water partition coefficient (Wildman–Crippen LogP) is 2.44. The van der Waals surface area contributed by atoms with E-state index < -0.39 is 11.6 Å². The number of hydrogen-bond acceptors (Lipinski definition) is 4. The molecule has 6 heteroatoms. The maximum Gasteiger partial charge on any atom is 0.321 e. The van der Waals surface area contributed by atoms with Crippen LogP contribution in [-0.4, -0.2) is 16.0 Å². The summed E-state index contributed by atoms with van der Waals surface area (Å²) < 4.78 is 31.2. The zero-order valence-corrected chi connectivity index (χ0v) is 10.3. The lowest BCUT2D eigenvalue weighted by Gasteiger charge is -2.07. The van der Waals surface area contributed by atoms with Gasteiger partial charge in [-0.25, -0.2) is 18.7 Å². The summed E-state index contributed by atoms with van der Waals surface area (Å²) in [6, 6.07) is 3.02. The standard InChI is InChI=1S/C13H13F2N3O/c1-8(16)4-9-6-17-13(18-7-9)19-12-3-2-10(14)5-11(12)15/h2-3,5-8H,4,16H2,1H3. The van der Waals surface area contributed by atoms with Crippen molar-refractivity contribution in [1.29, 1.82) is 0 Å². The van der Waals surface area contributed by atoms with E-state index in [-0.39, 0.29) is 17.8 Å². The first-order chi connectivity index (χ1) is 9.04. The first kappa shape index (κ1) is 13.4. The van der Waals surface area contributed by atoms with Gasteiger partial charge in [-0.3, -0.25) is 0 Å². The van der Waals surface area contributed by atoms with Crippen LogP contribution >= 0.6 is 0 Å². The van der Waals surface area contributed by atoms with Gasteiger partial charge in [0.15, 0.2) is 11.6 Å². The van der Waals surface area contributed by atoms with Crippen LogP contribution in [0, 0.1) is 11.6 Å². The maximum absolute atomic E-state index is 13.4. The second-order valence-corrected chi connectivity index (χ2v) is 4.23. The number of ether oxygens (including phenoxy) is 1. The molecule has 1 unspecified atom stereocenters.